The average Bonchev–Trinajstić information content (AvgIpc) is 3.09. The van der Waals surface area contributed by atoms with Crippen LogP contribution in [0.3, 0.4) is 0 Å². The van der Waals surface area contributed by atoms with Crippen molar-refractivity contribution in [2.75, 3.05) is 32.1 Å². The largest absolute Gasteiger partial charge is 0.482 e. The number of carbonyl (C=O) groups excluding carboxylic acids is 4. The summed E-state index contributed by atoms with van der Waals surface area (Å²) < 4.78 is 10.3. The Balaban J connectivity index is 2.10. The lowest BCUT2D eigenvalue weighted by Gasteiger charge is -2.19. The van der Waals surface area contributed by atoms with Crippen LogP contribution in [0.5, 0.6) is 5.75 Å². The molecule has 0 spiro atoms. The van der Waals surface area contributed by atoms with E-state index in [0.29, 0.717) is 30.1 Å². The Kier molecular flexibility index (Phi) is 9.04. The Hall–Kier alpha value is -3.33. The second-order valence-corrected chi connectivity index (χ2v) is 7.66. The van der Waals surface area contributed by atoms with Crippen LogP contribution in [0.15, 0.2) is 18.2 Å². The standard InChI is InChI=1S/C23H28ClN3O6/c1-6-27(7-2)20(30)12-33-18-9-8-15(10-16(18)24)25-19(29)11-17-21(23(31)32-5)13(3)22(26-17)14(4)28/h8-10,26H,6-7,11-12H2,1-5H3,(H,25,29). The number of amides is 2. The highest BCUT2D eigenvalue weighted by Gasteiger charge is 2.24. The molecule has 1 heterocycles. The predicted molar refractivity (Wildman–Crippen MR) is 124 cm³/mol. The highest BCUT2D eigenvalue weighted by molar-refractivity contribution is 6.32. The number of benzene rings is 1. The number of ether oxygens (including phenoxy) is 2. The first-order valence-corrected chi connectivity index (χ1v) is 10.8. The van der Waals surface area contributed by atoms with Crippen molar-refractivity contribution >= 4 is 40.9 Å². The summed E-state index contributed by atoms with van der Waals surface area (Å²) in [5.41, 5.74) is 1.53. The first-order valence-electron chi connectivity index (χ1n) is 10.4. The van der Waals surface area contributed by atoms with Crippen LogP contribution in [-0.4, -0.2) is 60.3 Å². The molecule has 0 bridgehead atoms. The molecule has 1 aromatic carbocycles. The van der Waals surface area contributed by atoms with Crippen LogP contribution < -0.4 is 10.1 Å². The molecular formula is C23H28ClN3O6. The Bertz CT molecular complexity index is 1060. The Morgan fingerprint density at radius 2 is 1.82 bits per heavy atom. The van der Waals surface area contributed by atoms with Crippen LogP contribution >= 0.6 is 11.6 Å². The minimum absolute atomic E-state index is 0.145. The fourth-order valence-electron chi connectivity index (χ4n) is 3.39. The first kappa shape index (κ1) is 25.9. The number of rotatable bonds is 10. The van der Waals surface area contributed by atoms with Gasteiger partial charge in [0.2, 0.25) is 5.91 Å². The maximum atomic E-state index is 12.6. The molecule has 178 valence electrons. The molecule has 0 fully saturated rings. The number of Topliss-reactive ketones (excluding diaryl/α,β-unsaturated/α-hetero) is 1. The van der Waals surface area contributed by atoms with Crippen molar-refractivity contribution in [3.05, 3.63) is 45.7 Å². The number of halogens is 1. The molecule has 0 radical (unpaired) electrons. The van der Waals surface area contributed by atoms with Gasteiger partial charge in [0.05, 0.1) is 29.8 Å². The van der Waals surface area contributed by atoms with Gasteiger partial charge in [-0.3, -0.25) is 14.4 Å². The highest BCUT2D eigenvalue weighted by atomic mass is 35.5. The van der Waals surface area contributed by atoms with E-state index in [-0.39, 0.29) is 46.7 Å². The van der Waals surface area contributed by atoms with Gasteiger partial charge in [0.15, 0.2) is 12.4 Å². The number of carbonyl (C=O) groups is 4. The monoisotopic (exact) mass is 477 g/mol. The lowest BCUT2D eigenvalue weighted by atomic mass is 10.1. The minimum atomic E-state index is -0.636. The van der Waals surface area contributed by atoms with E-state index in [9.17, 15) is 19.2 Å². The molecule has 0 saturated carbocycles. The second-order valence-electron chi connectivity index (χ2n) is 7.25. The molecule has 9 nitrogen and oxygen atoms in total. The van der Waals surface area contributed by atoms with Crippen LogP contribution in [0.25, 0.3) is 0 Å². The minimum Gasteiger partial charge on any atom is -0.482 e. The third-order valence-electron chi connectivity index (χ3n) is 5.09. The van der Waals surface area contributed by atoms with Gasteiger partial charge in [-0.25, -0.2) is 4.79 Å². The molecule has 1 aromatic heterocycles. The Morgan fingerprint density at radius 3 is 2.36 bits per heavy atom. The predicted octanol–water partition coefficient (Wildman–Crippen LogP) is 3.39. The van der Waals surface area contributed by atoms with Crippen molar-refractivity contribution < 1.29 is 28.7 Å². The fourth-order valence-corrected chi connectivity index (χ4v) is 3.63. The van der Waals surface area contributed by atoms with E-state index in [1.54, 1.807) is 24.0 Å². The van der Waals surface area contributed by atoms with E-state index in [0.717, 1.165) is 0 Å². The van der Waals surface area contributed by atoms with Crippen LogP contribution in [0, 0.1) is 6.92 Å². The third-order valence-corrected chi connectivity index (χ3v) is 5.38. The Labute approximate surface area is 197 Å². The van der Waals surface area contributed by atoms with E-state index in [2.05, 4.69) is 10.3 Å². The SMILES string of the molecule is CCN(CC)C(=O)COc1ccc(NC(=O)Cc2[nH]c(C(C)=O)c(C)c2C(=O)OC)cc1Cl. The number of likely N-dealkylation sites (N-methyl/N-ethyl adjacent to an activating group) is 1. The van der Waals surface area contributed by atoms with E-state index >= 15 is 0 Å². The summed E-state index contributed by atoms with van der Waals surface area (Å²) in [6.07, 6.45) is -0.188. The van der Waals surface area contributed by atoms with Gasteiger partial charge in [0, 0.05) is 31.4 Å². The van der Waals surface area contributed by atoms with Crippen molar-refractivity contribution in [2.45, 2.75) is 34.1 Å². The van der Waals surface area contributed by atoms with Gasteiger partial charge >= 0.3 is 5.97 Å². The molecule has 2 rings (SSSR count). The van der Waals surface area contributed by atoms with Gasteiger partial charge < -0.3 is 24.7 Å². The summed E-state index contributed by atoms with van der Waals surface area (Å²) in [6, 6.07) is 4.64. The molecule has 2 N–H and O–H groups in total. The summed E-state index contributed by atoms with van der Waals surface area (Å²) in [6.45, 7) is 7.78. The lowest BCUT2D eigenvalue weighted by Crippen LogP contribution is -2.34. The number of hydrogen-bond donors (Lipinski definition) is 2. The first-order chi connectivity index (χ1) is 15.6. The molecule has 2 aromatic rings. The number of H-pyrrole nitrogens is 1. The number of ketones is 1. The topological polar surface area (TPSA) is 118 Å². The van der Waals surface area contributed by atoms with Crippen molar-refractivity contribution in [2.24, 2.45) is 0 Å². The van der Waals surface area contributed by atoms with Crippen molar-refractivity contribution in [1.29, 1.82) is 0 Å². The number of methoxy groups -OCH3 is 1. The van der Waals surface area contributed by atoms with Crippen molar-refractivity contribution in [3.63, 3.8) is 0 Å². The van der Waals surface area contributed by atoms with Crippen LogP contribution in [0.4, 0.5) is 5.69 Å². The normalized spacial score (nSPS) is 10.5. The van der Waals surface area contributed by atoms with Gasteiger partial charge in [0.1, 0.15) is 5.75 Å². The molecule has 0 aliphatic rings. The zero-order valence-electron chi connectivity index (χ0n) is 19.3. The summed E-state index contributed by atoms with van der Waals surface area (Å²) in [5, 5.41) is 2.92. The zero-order valence-corrected chi connectivity index (χ0v) is 20.1. The van der Waals surface area contributed by atoms with E-state index in [1.165, 1.54) is 20.1 Å². The third kappa shape index (κ3) is 6.35. The van der Waals surface area contributed by atoms with Gasteiger partial charge in [-0.05, 0) is 44.5 Å². The molecule has 0 aliphatic heterocycles. The lowest BCUT2D eigenvalue weighted by molar-refractivity contribution is -0.133. The molecule has 0 atom stereocenters. The number of aromatic amines is 1. The van der Waals surface area contributed by atoms with E-state index < -0.39 is 11.9 Å². The van der Waals surface area contributed by atoms with Gasteiger partial charge in [0.25, 0.3) is 5.91 Å². The molecular weight excluding hydrogens is 450 g/mol. The summed E-state index contributed by atoms with van der Waals surface area (Å²) in [4.78, 5) is 53.2. The van der Waals surface area contributed by atoms with Gasteiger partial charge in [-0.1, -0.05) is 11.6 Å². The van der Waals surface area contributed by atoms with Crippen molar-refractivity contribution in [3.8, 4) is 5.75 Å². The van der Waals surface area contributed by atoms with Gasteiger partial charge in [-0.15, -0.1) is 0 Å². The van der Waals surface area contributed by atoms with Crippen LogP contribution in [-0.2, 0) is 20.7 Å². The molecule has 33 heavy (non-hydrogen) atoms. The fraction of sp³-hybridized carbons (Fsp3) is 0.391. The number of hydrogen-bond acceptors (Lipinski definition) is 6. The van der Waals surface area contributed by atoms with Gasteiger partial charge in [-0.2, -0.15) is 0 Å². The quantitative estimate of drug-likeness (QED) is 0.400. The number of nitrogens with zero attached hydrogens (tertiary/aromatic N) is 1. The second kappa shape index (κ2) is 11.5. The molecule has 0 saturated heterocycles. The molecule has 10 heteroatoms. The number of nitrogens with one attached hydrogen (secondary N) is 2. The summed E-state index contributed by atoms with van der Waals surface area (Å²) >= 11 is 6.24. The zero-order chi connectivity index (χ0) is 24.7. The molecule has 0 aliphatic carbocycles. The van der Waals surface area contributed by atoms with Crippen molar-refractivity contribution in [1.82, 2.24) is 9.88 Å². The Morgan fingerprint density at radius 1 is 1.15 bits per heavy atom. The van der Waals surface area contributed by atoms with E-state index in [1.807, 2.05) is 13.8 Å². The van der Waals surface area contributed by atoms with Crippen LogP contribution in [0.2, 0.25) is 5.02 Å². The summed E-state index contributed by atoms with van der Waals surface area (Å²) in [7, 11) is 1.23. The number of anilines is 1. The number of aromatic nitrogens is 1. The molecule has 2 amide bonds. The molecule has 0 unspecified atom stereocenters. The maximum Gasteiger partial charge on any atom is 0.339 e. The van der Waals surface area contributed by atoms with E-state index in [4.69, 9.17) is 21.1 Å². The number of esters is 1. The highest BCUT2D eigenvalue weighted by Crippen LogP contribution is 2.28. The maximum absolute atomic E-state index is 12.6. The summed E-state index contributed by atoms with van der Waals surface area (Å²) in [5.74, 6) is -1.16. The smallest absolute Gasteiger partial charge is 0.339 e. The van der Waals surface area contributed by atoms with Crippen LogP contribution in [0.1, 0.15) is 52.9 Å². The average molecular weight is 478 g/mol.